The molecule has 0 aliphatic carbocycles. The van der Waals surface area contributed by atoms with E-state index in [-0.39, 0.29) is 0 Å². The molecule has 114 valence electrons. The number of aromatic nitrogens is 2. The molecule has 4 nitrogen and oxygen atoms in total. The zero-order valence-electron chi connectivity index (χ0n) is 12.6. The second-order valence-electron chi connectivity index (χ2n) is 5.52. The third kappa shape index (κ3) is 2.01. The van der Waals surface area contributed by atoms with Crippen LogP contribution in [0.1, 0.15) is 0 Å². The van der Waals surface area contributed by atoms with Crippen LogP contribution in [0.3, 0.4) is 0 Å². The number of benzene rings is 3. The summed E-state index contributed by atoms with van der Waals surface area (Å²) in [6.07, 6.45) is 0. The maximum Gasteiger partial charge on any atom is 0.228 e. The molecule has 0 radical (unpaired) electrons. The molecule has 0 N–H and O–H groups in total. The molecule has 5 rings (SSSR count). The van der Waals surface area contributed by atoms with Gasteiger partial charge < -0.3 is 8.83 Å². The van der Waals surface area contributed by atoms with Crippen LogP contribution in [0.25, 0.3) is 45.1 Å². The molecule has 0 aliphatic rings. The highest BCUT2D eigenvalue weighted by atomic mass is 16.4. The quantitative estimate of drug-likeness (QED) is 0.443. The van der Waals surface area contributed by atoms with E-state index in [4.69, 9.17) is 8.83 Å². The summed E-state index contributed by atoms with van der Waals surface area (Å²) in [5, 5.41) is 0. The van der Waals surface area contributed by atoms with Crippen LogP contribution in [-0.2, 0) is 0 Å². The molecule has 0 spiro atoms. The largest absolute Gasteiger partial charge is 0.436 e. The lowest BCUT2D eigenvalue weighted by Crippen LogP contribution is -1.84. The third-order valence-corrected chi connectivity index (χ3v) is 3.98. The van der Waals surface area contributed by atoms with Crippen molar-refractivity contribution in [2.45, 2.75) is 0 Å². The van der Waals surface area contributed by atoms with Crippen molar-refractivity contribution in [2.75, 3.05) is 0 Å². The Bertz CT molecular complexity index is 1010. The summed E-state index contributed by atoms with van der Waals surface area (Å²) in [6, 6.07) is 23.3. The van der Waals surface area contributed by atoms with E-state index in [1.807, 2.05) is 72.8 Å². The molecule has 0 atom stereocenters. The molecule has 0 saturated heterocycles. The van der Waals surface area contributed by atoms with Gasteiger partial charge in [0, 0.05) is 11.1 Å². The number of nitrogens with zero attached hydrogens (tertiary/aromatic N) is 2. The van der Waals surface area contributed by atoms with Gasteiger partial charge >= 0.3 is 0 Å². The monoisotopic (exact) mass is 312 g/mol. The first-order valence-corrected chi connectivity index (χ1v) is 7.69. The molecular weight excluding hydrogens is 300 g/mol. The van der Waals surface area contributed by atoms with Crippen molar-refractivity contribution in [3.8, 4) is 22.9 Å². The lowest BCUT2D eigenvalue weighted by molar-refractivity contribution is 0.611. The molecule has 0 bridgehead atoms. The van der Waals surface area contributed by atoms with Crippen LogP contribution in [-0.4, -0.2) is 9.97 Å². The molecule has 2 heterocycles. The Balaban J connectivity index is 1.72. The van der Waals surface area contributed by atoms with Gasteiger partial charge in [-0.2, -0.15) is 0 Å². The van der Waals surface area contributed by atoms with E-state index in [0.717, 1.165) is 33.3 Å². The minimum absolute atomic E-state index is 0.564. The van der Waals surface area contributed by atoms with Gasteiger partial charge in [0.15, 0.2) is 11.2 Å². The van der Waals surface area contributed by atoms with Crippen molar-refractivity contribution in [3.05, 3.63) is 72.8 Å². The topological polar surface area (TPSA) is 52.1 Å². The van der Waals surface area contributed by atoms with Crippen LogP contribution in [0.2, 0.25) is 0 Å². The fourth-order valence-corrected chi connectivity index (χ4v) is 2.83. The average molecular weight is 312 g/mol. The smallest absolute Gasteiger partial charge is 0.228 e. The molecule has 3 aromatic carbocycles. The predicted molar refractivity (Wildman–Crippen MR) is 92.4 cm³/mol. The standard InChI is InChI=1S/C20H12N2O2/c1-2-8-14(20-22-16-10-4-6-12-18(16)24-20)13(7-1)19-21-15-9-3-5-11-17(15)23-19/h1-12H. The minimum atomic E-state index is 0.564. The highest BCUT2D eigenvalue weighted by Gasteiger charge is 2.17. The van der Waals surface area contributed by atoms with Crippen LogP contribution in [0.15, 0.2) is 81.6 Å². The van der Waals surface area contributed by atoms with Crippen LogP contribution in [0.4, 0.5) is 0 Å². The first kappa shape index (κ1) is 13.1. The summed E-state index contributed by atoms with van der Waals surface area (Å²) in [5.41, 5.74) is 4.92. The Morgan fingerprint density at radius 3 is 1.38 bits per heavy atom. The van der Waals surface area contributed by atoms with Crippen molar-refractivity contribution in [3.63, 3.8) is 0 Å². The van der Waals surface area contributed by atoms with Crippen molar-refractivity contribution in [2.24, 2.45) is 0 Å². The normalized spacial score (nSPS) is 11.3. The second-order valence-corrected chi connectivity index (χ2v) is 5.52. The lowest BCUT2D eigenvalue weighted by atomic mass is 10.1. The average Bonchev–Trinajstić information content (AvgIpc) is 3.25. The van der Waals surface area contributed by atoms with E-state index in [2.05, 4.69) is 9.97 Å². The number of oxazole rings is 2. The van der Waals surface area contributed by atoms with E-state index in [9.17, 15) is 0 Å². The number of para-hydroxylation sites is 4. The van der Waals surface area contributed by atoms with Gasteiger partial charge in [-0.3, -0.25) is 0 Å². The molecule has 2 aromatic heterocycles. The van der Waals surface area contributed by atoms with Gasteiger partial charge in [0.05, 0.1) is 0 Å². The molecule has 4 heteroatoms. The van der Waals surface area contributed by atoms with Crippen molar-refractivity contribution in [1.29, 1.82) is 0 Å². The third-order valence-electron chi connectivity index (χ3n) is 3.98. The van der Waals surface area contributed by atoms with E-state index >= 15 is 0 Å². The maximum atomic E-state index is 5.91. The van der Waals surface area contributed by atoms with Gasteiger partial charge in [0.25, 0.3) is 0 Å². The summed E-state index contributed by atoms with van der Waals surface area (Å²) in [6.45, 7) is 0. The Morgan fingerprint density at radius 1 is 0.500 bits per heavy atom. The first-order chi connectivity index (χ1) is 11.9. The summed E-state index contributed by atoms with van der Waals surface area (Å²) in [5.74, 6) is 1.13. The SMILES string of the molecule is c1ccc(-c2nc3ccccc3o2)c(-c2nc3ccccc3o2)c1. The van der Waals surface area contributed by atoms with Gasteiger partial charge in [-0.1, -0.05) is 36.4 Å². The van der Waals surface area contributed by atoms with Gasteiger partial charge in [0.1, 0.15) is 11.0 Å². The molecule has 0 aliphatic heterocycles. The number of fused-ring (bicyclic) bond motifs is 2. The highest BCUT2D eigenvalue weighted by Crippen LogP contribution is 2.34. The van der Waals surface area contributed by atoms with E-state index in [1.54, 1.807) is 0 Å². The van der Waals surface area contributed by atoms with Crippen LogP contribution >= 0.6 is 0 Å². The Labute approximate surface area is 137 Å². The molecule has 0 saturated carbocycles. The van der Waals surface area contributed by atoms with Gasteiger partial charge in [0.2, 0.25) is 11.8 Å². The molecule has 24 heavy (non-hydrogen) atoms. The van der Waals surface area contributed by atoms with Gasteiger partial charge in [-0.15, -0.1) is 0 Å². The highest BCUT2D eigenvalue weighted by molar-refractivity contribution is 5.83. The summed E-state index contributed by atoms with van der Waals surface area (Å²) < 4.78 is 11.8. The number of hydrogen-bond donors (Lipinski definition) is 0. The van der Waals surface area contributed by atoms with Crippen molar-refractivity contribution >= 4 is 22.2 Å². The van der Waals surface area contributed by atoms with Gasteiger partial charge in [-0.25, -0.2) is 9.97 Å². The fourth-order valence-electron chi connectivity index (χ4n) is 2.83. The molecule has 0 fully saturated rings. The maximum absolute atomic E-state index is 5.91. The molecule has 5 aromatic rings. The summed E-state index contributed by atoms with van der Waals surface area (Å²) >= 11 is 0. The molecular formula is C20H12N2O2. The minimum Gasteiger partial charge on any atom is -0.436 e. The number of rotatable bonds is 2. The fraction of sp³-hybridized carbons (Fsp3) is 0. The second kappa shape index (κ2) is 5.06. The molecule has 0 unspecified atom stereocenters. The summed E-state index contributed by atoms with van der Waals surface area (Å²) in [7, 11) is 0. The predicted octanol–water partition coefficient (Wildman–Crippen LogP) is 5.30. The zero-order valence-corrected chi connectivity index (χ0v) is 12.6. The zero-order chi connectivity index (χ0) is 15.9. The van der Waals surface area contributed by atoms with Crippen LogP contribution in [0, 0.1) is 0 Å². The lowest BCUT2D eigenvalue weighted by Gasteiger charge is -2.01. The molecule has 0 amide bonds. The van der Waals surface area contributed by atoms with Gasteiger partial charge in [-0.05, 0) is 36.4 Å². The number of hydrogen-bond acceptors (Lipinski definition) is 4. The Morgan fingerprint density at radius 2 is 0.917 bits per heavy atom. The Kier molecular flexibility index (Phi) is 2.76. The van der Waals surface area contributed by atoms with Crippen molar-refractivity contribution in [1.82, 2.24) is 9.97 Å². The van der Waals surface area contributed by atoms with Crippen LogP contribution < -0.4 is 0 Å². The van der Waals surface area contributed by atoms with E-state index < -0.39 is 0 Å². The van der Waals surface area contributed by atoms with E-state index in [1.165, 1.54) is 0 Å². The van der Waals surface area contributed by atoms with E-state index in [0.29, 0.717) is 11.8 Å². The first-order valence-electron chi connectivity index (χ1n) is 7.69. The Hall–Kier alpha value is -3.40. The summed E-state index contributed by atoms with van der Waals surface area (Å²) in [4.78, 5) is 9.17. The van der Waals surface area contributed by atoms with Crippen LogP contribution in [0.5, 0.6) is 0 Å². The van der Waals surface area contributed by atoms with Crippen molar-refractivity contribution < 1.29 is 8.83 Å².